The van der Waals surface area contributed by atoms with E-state index in [0.717, 1.165) is 35.6 Å². The van der Waals surface area contributed by atoms with Gasteiger partial charge in [0.1, 0.15) is 5.75 Å². The maximum atomic E-state index is 12.9. The largest absolute Gasteiger partial charge is 0.497 e. The van der Waals surface area contributed by atoms with Crippen LogP contribution in [-0.2, 0) is 0 Å². The highest BCUT2D eigenvalue weighted by molar-refractivity contribution is 5.99. The number of amides is 1. The molecule has 0 bridgehead atoms. The molecule has 1 fully saturated rings. The van der Waals surface area contributed by atoms with E-state index in [0.29, 0.717) is 18.7 Å². The summed E-state index contributed by atoms with van der Waals surface area (Å²) in [4.78, 5) is 25.4. The summed E-state index contributed by atoms with van der Waals surface area (Å²) in [5.41, 5.74) is 0.715. The molecule has 6 nitrogen and oxygen atoms in total. The second-order valence-corrected chi connectivity index (χ2v) is 6.26. The summed E-state index contributed by atoms with van der Waals surface area (Å²) in [6.45, 7) is 2.80. The number of benzene rings is 2. The summed E-state index contributed by atoms with van der Waals surface area (Å²) in [6.07, 6.45) is 3.48. The fourth-order valence-corrected chi connectivity index (χ4v) is 3.23. The Morgan fingerprint density at radius 1 is 0.962 bits per heavy atom. The monoisotopic (exact) mass is 348 g/mol. The average Bonchev–Trinajstić information content (AvgIpc) is 2.73. The molecule has 1 aromatic heterocycles. The number of carbonyl (C=O) groups is 1. The lowest BCUT2D eigenvalue weighted by atomic mass is 10.1. The number of aromatic nitrogens is 2. The van der Waals surface area contributed by atoms with Gasteiger partial charge in [-0.1, -0.05) is 12.1 Å². The Hall–Kier alpha value is -3.15. The second kappa shape index (κ2) is 7.00. The number of rotatable bonds is 3. The number of hydrogen-bond acceptors (Lipinski definition) is 5. The first-order valence-electron chi connectivity index (χ1n) is 8.63. The Morgan fingerprint density at radius 3 is 2.38 bits per heavy atom. The Balaban J connectivity index is 1.47. The number of nitrogens with zero attached hydrogens (tertiary/aromatic N) is 4. The number of ether oxygens (including phenoxy) is 1. The van der Waals surface area contributed by atoms with Crippen LogP contribution < -0.4 is 9.64 Å². The lowest BCUT2D eigenvalue weighted by molar-refractivity contribution is 0.0746. The standard InChI is InChI=1S/C20H20N4O2/c1-26-18-6-5-15-13-17(4-3-16(15)14-18)19(25)23-9-11-24(12-10-23)20-21-7-2-8-22-20/h2-8,13-14H,9-12H2,1H3. The Morgan fingerprint density at radius 2 is 1.65 bits per heavy atom. The first-order chi connectivity index (χ1) is 12.7. The quantitative estimate of drug-likeness (QED) is 0.728. The molecular weight excluding hydrogens is 328 g/mol. The molecule has 0 spiro atoms. The molecular formula is C20H20N4O2. The highest BCUT2D eigenvalue weighted by atomic mass is 16.5. The van der Waals surface area contributed by atoms with Crippen molar-refractivity contribution >= 4 is 22.6 Å². The van der Waals surface area contributed by atoms with E-state index in [1.807, 2.05) is 41.3 Å². The predicted molar refractivity (Wildman–Crippen MR) is 101 cm³/mol. The SMILES string of the molecule is COc1ccc2cc(C(=O)N3CCN(c4ncccn4)CC3)ccc2c1. The second-order valence-electron chi connectivity index (χ2n) is 6.26. The number of methoxy groups -OCH3 is 1. The van der Waals surface area contributed by atoms with Crippen LogP contribution in [0.5, 0.6) is 5.75 Å². The Bertz CT molecular complexity index is 922. The smallest absolute Gasteiger partial charge is 0.253 e. The highest BCUT2D eigenvalue weighted by Gasteiger charge is 2.23. The van der Waals surface area contributed by atoms with E-state index in [4.69, 9.17) is 4.74 Å². The molecule has 6 heteroatoms. The Kier molecular flexibility index (Phi) is 4.39. The minimum atomic E-state index is 0.0661. The highest BCUT2D eigenvalue weighted by Crippen LogP contribution is 2.23. The lowest BCUT2D eigenvalue weighted by Crippen LogP contribution is -2.49. The molecule has 3 aromatic rings. The van der Waals surface area contributed by atoms with E-state index in [1.165, 1.54) is 0 Å². The van der Waals surface area contributed by atoms with Gasteiger partial charge in [-0.3, -0.25) is 4.79 Å². The number of hydrogen-bond donors (Lipinski definition) is 0. The molecule has 2 heterocycles. The van der Waals surface area contributed by atoms with Crippen molar-refractivity contribution in [1.29, 1.82) is 0 Å². The van der Waals surface area contributed by atoms with E-state index in [1.54, 1.807) is 25.6 Å². The zero-order chi connectivity index (χ0) is 17.9. The summed E-state index contributed by atoms with van der Waals surface area (Å²) in [5.74, 6) is 1.60. The molecule has 0 N–H and O–H groups in total. The molecule has 1 aliphatic heterocycles. The third-order valence-corrected chi connectivity index (χ3v) is 4.70. The normalized spacial score (nSPS) is 14.5. The number of carbonyl (C=O) groups excluding carboxylic acids is 1. The fourth-order valence-electron chi connectivity index (χ4n) is 3.23. The molecule has 0 atom stereocenters. The van der Waals surface area contributed by atoms with Crippen LogP contribution in [0.25, 0.3) is 10.8 Å². The van der Waals surface area contributed by atoms with Gasteiger partial charge in [0.2, 0.25) is 5.95 Å². The van der Waals surface area contributed by atoms with Crippen LogP contribution in [0.1, 0.15) is 10.4 Å². The van der Waals surface area contributed by atoms with E-state index in [2.05, 4.69) is 14.9 Å². The van der Waals surface area contributed by atoms with Crippen molar-refractivity contribution in [3.05, 3.63) is 60.4 Å². The van der Waals surface area contributed by atoms with Crippen molar-refractivity contribution in [1.82, 2.24) is 14.9 Å². The topological polar surface area (TPSA) is 58.6 Å². The van der Waals surface area contributed by atoms with Crippen molar-refractivity contribution in [3.63, 3.8) is 0 Å². The van der Waals surface area contributed by atoms with Gasteiger partial charge in [-0.15, -0.1) is 0 Å². The van der Waals surface area contributed by atoms with Gasteiger partial charge in [0, 0.05) is 44.1 Å². The minimum Gasteiger partial charge on any atom is -0.497 e. The van der Waals surface area contributed by atoms with Gasteiger partial charge >= 0.3 is 0 Å². The van der Waals surface area contributed by atoms with Gasteiger partial charge in [-0.2, -0.15) is 0 Å². The molecule has 0 saturated carbocycles. The van der Waals surface area contributed by atoms with Crippen molar-refractivity contribution in [2.24, 2.45) is 0 Å². The number of piperazine rings is 1. The molecule has 0 unspecified atom stereocenters. The zero-order valence-corrected chi connectivity index (χ0v) is 14.6. The van der Waals surface area contributed by atoms with Crippen molar-refractivity contribution < 1.29 is 9.53 Å². The van der Waals surface area contributed by atoms with Crippen molar-refractivity contribution in [3.8, 4) is 5.75 Å². The minimum absolute atomic E-state index is 0.0661. The van der Waals surface area contributed by atoms with Gasteiger partial charge in [0.25, 0.3) is 5.91 Å². The summed E-state index contributed by atoms with van der Waals surface area (Å²) in [5, 5.41) is 2.10. The van der Waals surface area contributed by atoms with Crippen LogP contribution in [-0.4, -0.2) is 54.1 Å². The number of fused-ring (bicyclic) bond motifs is 1. The molecule has 0 radical (unpaired) electrons. The third-order valence-electron chi connectivity index (χ3n) is 4.70. The van der Waals surface area contributed by atoms with Crippen LogP contribution in [0.4, 0.5) is 5.95 Å². The predicted octanol–water partition coefficient (Wildman–Crippen LogP) is 2.60. The third kappa shape index (κ3) is 3.18. The Labute approximate surface area is 152 Å². The summed E-state index contributed by atoms with van der Waals surface area (Å²) in [6, 6.07) is 13.5. The molecule has 26 heavy (non-hydrogen) atoms. The van der Waals surface area contributed by atoms with Gasteiger partial charge in [-0.05, 0) is 41.1 Å². The van der Waals surface area contributed by atoms with E-state index in [9.17, 15) is 4.79 Å². The molecule has 1 amide bonds. The zero-order valence-electron chi connectivity index (χ0n) is 14.6. The van der Waals surface area contributed by atoms with E-state index >= 15 is 0 Å². The summed E-state index contributed by atoms with van der Waals surface area (Å²) in [7, 11) is 1.65. The summed E-state index contributed by atoms with van der Waals surface area (Å²) >= 11 is 0. The lowest BCUT2D eigenvalue weighted by Gasteiger charge is -2.34. The van der Waals surface area contributed by atoms with Crippen LogP contribution in [0.15, 0.2) is 54.9 Å². The van der Waals surface area contributed by atoms with Gasteiger partial charge in [0.15, 0.2) is 0 Å². The molecule has 132 valence electrons. The maximum absolute atomic E-state index is 12.9. The molecule has 4 rings (SSSR count). The van der Waals surface area contributed by atoms with Crippen molar-refractivity contribution in [2.45, 2.75) is 0 Å². The van der Waals surface area contributed by atoms with Gasteiger partial charge in [0.05, 0.1) is 7.11 Å². The van der Waals surface area contributed by atoms with Gasteiger partial charge in [-0.25, -0.2) is 9.97 Å². The number of anilines is 1. The first-order valence-corrected chi connectivity index (χ1v) is 8.63. The van der Waals surface area contributed by atoms with Crippen LogP contribution in [0, 0.1) is 0 Å². The molecule has 1 aliphatic rings. The van der Waals surface area contributed by atoms with Crippen LogP contribution in [0.3, 0.4) is 0 Å². The average molecular weight is 348 g/mol. The van der Waals surface area contributed by atoms with E-state index < -0.39 is 0 Å². The van der Waals surface area contributed by atoms with Gasteiger partial charge < -0.3 is 14.5 Å². The fraction of sp³-hybridized carbons (Fsp3) is 0.250. The van der Waals surface area contributed by atoms with Crippen molar-refractivity contribution in [2.75, 3.05) is 38.2 Å². The first kappa shape index (κ1) is 16.3. The molecule has 0 aliphatic carbocycles. The van der Waals surface area contributed by atoms with Crippen LogP contribution >= 0.6 is 0 Å². The molecule has 2 aromatic carbocycles. The maximum Gasteiger partial charge on any atom is 0.253 e. The molecule has 1 saturated heterocycles. The summed E-state index contributed by atoms with van der Waals surface area (Å²) < 4.78 is 5.25. The van der Waals surface area contributed by atoms with E-state index in [-0.39, 0.29) is 5.91 Å². The van der Waals surface area contributed by atoms with Crippen LogP contribution in [0.2, 0.25) is 0 Å².